The lowest BCUT2D eigenvalue weighted by Gasteiger charge is -2.26. The summed E-state index contributed by atoms with van der Waals surface area (Å²) in [5.74, 6) is -1.49. The van der Waals surface area contributed by atoms with Crippen LogP contribution in [0.15, 0.2) is 30.3 Å². The number of nitrogens with zero attached hydrogens (tertiary/aromatic N) is 3. The first-order chi connectivity index (χ1) is 12.0. The van der Waals surface area contributed by atoms with Gasteiger partial charge in [-0.3, -0.25) is 9.69 Å². The van der Waals surface area contributed by atoms with Crippen LogP contribution in [0.1, 0.15) is 28.5 Å². The molecule has 132 valence electrons. The van der Waals surface area contributed by atoms with Crippen molar-refractivity contribution in [2.45, 2.75) is 18.5 Å². The topological polar surface area (TPSA) is 70.2 Å². The number of likely N-dealkylation sites (tertiary alicyclic amines) is 1. The number of hydrogen-bond acceptors (Lipinski definition) is 5. The average molecular weight is 347 g/mol. The van der Waals surface area contributed by atoms with Gasteiger partial charge in [-0.15, -0.1) is 10.2 Å². The van der Waals surface area contributed by atoms with E-state index < -0.39 is 11.6 Å². The van der Waals surface area contributed by atoms with Crippen LogP contribution in [0.3, 0.4) is 0 Å². The Morgan fingerprint density at radius 1 is 1.20 bits per heavy atom. The lowest BCUT2D eigenvalue weighted by atomic mass is 10.00. The van der Waals surface area contributed by atoms with Crippen LogP contribution in [-0.4, -0.2) is 47.7 Å². The van der Waals surface area contributed by atoms with Crippen molar-refractivity contribution in [3.05, 3.63) is 53.2 Å². The Bertz CT molecular complexity index is 768. The van der Waals surface area contributed by atoms with Crippen LogP contribution in [0.2, 0.25) is 0 Å². The number of amides is 1. The van der Waals surface area contributed by atoms with E-state index in [0.29, 0.717) is 11.4 Å². The molecule has 3 rings (SSSR count). The fraction of sp³-hybridized carbons (Fsp3) is 0.353. The fourth-order valence-corrected chi connectivity index (χ4v) is 3.13. The standard InChI is InChI=1S/C17H19F2N5O/c1-20-17(25)14-5-6-15(23-22-14)21-13-7-8-24(2)16(13)10-3-4-11(18)12(19)9-10/h3-6,9,13,16H,7-8H2,1-2H3,(H,20,25)(H,21,23)/t13-,16-/m0/s1. The molecule has 1 saturated heterocycles. The maximum absolute atomic E-state index is 13.6. The summed E-state index contributed by atoms with van der Waals surface area (Å²) in [7, 11) is 3.46. The number of halogens is 2. The van der Waals surface area contributed by atoms with Crippen molar-refractivity contribution in [1.29, 1.82) is 0 Å². The van der Waals surface area contributed by atoms with E-state index in [9.17, 15) is 13.6 Å². The Kier molecular flexibility index (Phi) is 4.89. The molecule has 0 aliphatic carbocycles. The van der Waals surface area contributed by atoms with E-state index in [1.165, 1.54) is 13.1 Å². The van der Waals surface area contributed by atoms with Crippen LogP contribution < -0.4 is 10.6 Å². The average Bonchev–Trinajstić information content (AvgIpc) is 2.98. The van der Waals surface area contributed by atoms with Crippen molar-refractivity contribution in [1.82, 2.24) is 20.4 Å². The number of aromatic nitrogens is 2. The van der Waals surface area contributed by atoms with Crippen molar-refractivity contribution < 1.29 is 13.6 Å². The van der Waals surface area contributed by atoms with Gasteiger partial charge in [-0.1, -0.05) is 6.07 Å². The number of hydrogen-bond donors (Lipinski definition) is 2. The second-order valence-electron chi connectivity index (χ2n) is 6.02. The molecule has 1 amide bonds. The van der Waals surface area contributed by atoms with E-state index in [1.807, 2.05) is 7.05 Å². The highest BCUT2D eigenvalue weighted by Gasteiger charge is 2.33. The van der Waals surface area contributed by atoms with Crippen LogP contribution in [0.5, 0.6) is 0 Å². The highest BCUT2D eigenvalue weighted by molar-refractivity contribution is 5.91. The summed E-state index contributed by atoms with van der Waals surface area (Å²) in [6, 6.07) is 7.09. The number of anilines is 1. The summed E-state index contributed by atoms with van der Waals surface area (Å²) in [5.41, 5.74) is 0.931. The largest absolute Gasteiger partial charge is 0.364 e. The quantitative estimate of drug-likeness (QED) is 0.885. The molecule has 2 atom stereocenters. The summed E-state index contributed by atoms with van der Waals surface area (Å²) >= 11 is 0. The van der Waals surface area contributed by atoms with Crippen molar-refractivity contribution >= 4 is 11.7 Å². The maximum Gasteiger partial charge on any atom is 0.271 e. The van der Waals surface area contributed by atoms with Crippen LogP contribution in [-0.2, 0) is 0 Å². The predicted molar refractivity (Wildman–Crippen MR) is 89.2 cm³/mol. The molecule has 1 aromatic heterocycles. The molecule has 0 radical (unpaired) electrons. The molecule has 2 N–H and O–H groups in total. The molecule has 25 heavy (non-hydrogen) atoms. The lowest BCUT2D eigenvalue weighted by molar-refractivity contribution is 0.0957. The van der Waals surface area contributed by atoms with Crippen LogP contribution in [0.4, 0.5) is 14.6 Å². The number of carbonyl (C=O) groups is 1. The SMILES string of the molecule is CNC(=O)c1ccc(N[C@H]2CCN(C)[C@H]2c2ccc(F)c(F)c2)nn1. The molecule has 6 nitrogen and oxygen atoms in total. The van der Waals surface area contributed by atoms with Crippen molar-refractivity contribution in [3.8, 4) is 0 Å². The monoisotopic (exact) mass is 347 g/mol. The Morgan fingerprint density at radius 2 is 2.00 bits per heavy atom. The highest BCUT2D eigenvalue weighted by Crippen LogP contribution is 2.33. The first kappa shape index (κ1) is 17.2. The molecule has 2 aromatic rings. The summed E-state index contributed by atoms with van der Waals surface area (Å²) in [6.07, 6.45) is 0.818. The Morgan fingerprint density at radius 3 is 2.64 bits per heavy atom. The molecule has 2 heterocycles. The zero-order chi connectivity index (χ0) is 18.0. The third kappa shape index (κ3) is 3.58. The van der Waals surface area contributed by atoms with E-state index in [1.54, 1.807) is 18.2 Å². The molecule has 0 unspecified atom stereocenters. The zero-order valence-electron chi connectivity index (χ0n) is 14.0. The van der Waals surface area contributed by atoms with Crippen LogP contribution in [0.25, 0.3) is 0 Å². The molecule has 0 bridgehead atoms. The van der Waals surface area contributed by atoms with Crippen LogP contribution >= 0.6 is 0 Å². The summed E-state index contributed by atoms with van der Waals surface area (Å²) < 4.78 is 26.8. The maximum atomic E-state index is 13.6. The summed E-state index contributed by atoms with van der Waals surface area (Å²) in [6.45, 7) is 0.811. The van der Waals surface area contributed by atoms with E-state index in [-0.39, 0.29) is 23.7 Å². The number of rotatable bonds is 4. The Hall–Kier alpha value is -2.61. The third-order valence-electron chi connectivity index (χ3n) is 4.39. The molecule has 0 spiro atoms. The molecule has 1 aliphatic heterocycles. The van der Waals surface area contributed by atoms with E-state index in [2.05, 4.69) is 25.7 Å². The molecular weight excluding hydrogens is 328 g/mol. The molecule has 8 heteroatoms. The fourth-order valence-electron chi connectivity index (χ4n) is 3.13. The van der Waals surface area contributed by atoms with Gasteiger partial charge in [-0.2, -0.15) is 0 Å². The third-order valence-corrected chi connectivity index (χ3v) is 4.39. The van der Waals surface area contributed by atoms with Gasteiger partial charge >= 0.3 is 0 Å². The van der Waals surface area contributed by atoms with Gasteiger partial charge in [0.25, 0.3) is 5.91 Å². The van der Waals surface area contributed by atoms with E-state index in [4.69, 9.17) is 0 Å². The number of benzene rings is 1. The number of nitrogens with one attached hydrogen (secondary N) is 2. The summed E-state index contributed by atoms with van der Waals surface area (Å²) in [5, 5.41) is 13.7. The second-order valence-corrected chi connectivity index (χ2v) is 6.02. The lowest BCUT2D eigenvalue weighted by Crippen LogP contribution is -2.29. The second kappa shape index (κ2) is 7.10. The van der Waals surface area contributed by atoms with E-state index in [0.717, 1.165) is 19.0 Å². The Balaban J connectivity index is 1.78. The Labute approximate surface area is 144 Å². The van der Waals surface area contributed by atoms with Gasteiger partial charge in [0.1, 0.15) is 5.82 Å². The van der Waals surface area contributed by atoms with Crippen molar-refractivity contribution in [3.63, 3.8) is 0 Å². The minimum Gasteiger partial charge on any atom is -0.364 e. The molecule has 1 aliphatic rings. The normalized spacial score (nSPS) is 20.5. The molecule has 0 saturated carbocycles. The van der Waals surface area contributed by atoms with Gasteiger partial charge in [-0.25, -0.2) is 8.78 Å². The highest BCUT2D eigenvalue weighted by atomic mass is 19.2. The molecule has 1 aromatic carbocycles. The number of carbonyl (C=O) groups excluding carboxylic acids is 1. The van der Waals surface area contributed by atoms with Gasteiger partial charge in [0.05, 0.1) is 6.04 Å². The first-order valence-electron chi connectivity index (χ1n) is 7.97. The van der Waals surface area contributed by atoms with Gasteiger partial charge in [0.2, 0.25) is 0 Å². The van der Waals surface area contributed by atoms with Gasteiger partial charge in [0, 0.05) is 19.6 Å². The minimum atomic E-state index is -0.857. The predicted octanol–water partition coefficient (Wildman–Crippen LogP) is 1.97. The van der Waals surface area contributed by atoms with Crippen molar-refractivity contribution in [2.75, 3.05) is 26.0 Å². The van der Waals surface area contributed by atoms with Crippen molar-refractivity contribution in [2.24, 2.45) is 0 Å². The van der Waals surface area contributed by atoms with Gasteiger partial charge in [-0.05, 0) is 43.3 Å². The van der Waals surface area contributed by atoms with Gasteiger partial charge < -0.3 is 10.6 Å². The first-order valence-corrected chi connectivity index (χ1v) is 7.97. The smallest absolute Gasteiger partial charge is 0.271 e. The van der Waals surface area contributed by atoms with E-state index >= 15 is 0 Å². The minimum absolute atomic E-state index is 0.0324. The molecule has 1 fully saturated rings. The zero-order valence-corrected chi connectivity index (χ0v) is 14.0. The number of likely N-dealkylation sites (N-methyl/N-ethyl adjacent to an activating group) is 1. The summed E-state index contributed by atoms with van der Waals surface area (Å²) in [4.78, 5) is 13.6. The van der Waals surface area contributed by atoms with Gasteiger partial charge in [0.15, 0.2) is 17.3 Å². The van der Waals surface area contributed by atoms with Crippen LogP contribution in [0, 0.1) is 11.6 Å². The molecular formula is C17H19F2N5O.